The molecular weight excluding hydrogens is 288 g/mol. The zero-order valence-corrected chi connectivity index (χ0v) is 11.1. The van der Waals surface area contributed by atoms with Crippen molar-refractivity contribution in [2.75, 3.05) is 0 Å². The lowest BCUT2D eigenvalue weighted by molar-refractivity contribution is 0.0691. The van der Waals surface area contributed by atoms with Gasteiger partial charge in [0.1, 0.15) is 5.56 Å². The summed E-state index contributed by atoms with van der Waals surface area (Å²) in [6.07, 6.45) is 3.69. The van der Waals surface area contributed by atoms with Gasteiger partial charge in [-0.1, -0.05) is 19.8 Å². The highest BCUT2D eigenvalue weighted by Gasteiger charge is 2.20. The number of hydrogen-bond donors (Lipinski definition) is 3. The lowest BCUT2D eigenvalue weighted by atomic mass is 10.0. The Morgan fingerprint density at radius 1 is 1.35 bits per heavy atom. The number of rotatable bonds is 5. The molecule has 0 aliphatic heterocycles. The molecule has 94 valence electrons. The normalized spacial score (nSPS) is 10.5. The fraction of sp³-hybridized carbons (Fsp3) is 0.417. The van der Waals surface area contributed by atoms with E-state index in [0.717, 1.165) is 19.3 Å². The number of hydrogen-bond acceptors (Lipinski definition) is 3. The fourth-order valence-corrected chi connectivity index (χ4v) is 2.30. The second-order valence-corrected chi connectivity index (χ2v) is 4.65. The van der Waals surface area contributed by atoms with E-state index in [1.54, 1.807) is 0 Å². The van der Waals surface area contributed by atoms with Crippen LogP contribution in [0, 0.1) is 0 Å². The van der Waals surface area contributed by atoms with Crippen LogP contribution in [-0.4, -0.2) is 21.3 Å². The number of aromatic carboxylic acids is 1. The lowest BCUT2D eigenvalue weighted by Gasteiger charge is -2.10. The Morgan fingerprint density at radius 3 is 2.53 bits per heavy atom. The Balaban J connectivity index is 3.11. The molecule has 1 aromatic rings. The van der Waals surface area contributed by atoms with Gasteiger partial charge in [0.2, 0.25) is 0 Å². The second-order valence-electron chi connectivity index (χ2n) is 3.85. The molecule has 0 unspecified atom stereocenters. The van der Waals surface area contributed by atoms with Gasteiger partial charge in [0, 0.05) is 4.47 Å². The van der Waals surface area contributed by atoms with E-state index >= 15 is 0 Å². The van der Waals surface area contributed by atoms with Crippen LogP contribution >= 0.6 is 15.9 Å². The number of phenols is 2. The smallest absolute Gasteiger partial charge is 0.340 e. The van der Waals surface area contributed by atoms with Crippen LogP contribution < -0.4 is 0 Å². The van der Waals surface area contributed by atoms with E-state index in [0.29, 0.717) is 16.5 Å². The Bertz CT molecular complexity index is 429. The van der Waals surface area contributed by atoms with E-state index in [1.807, 2.05) is 0 Å². The molecule has 0 fully saturated rings. The molecule has 1 aromatic carbocycles. The first-order chi connectivity index (χ1) is 7.99. The van der Waals surface area contributed by atoms with Crippen molar-refractivity contribution in [1.82, 2.24) is 0 Å². The third kappa shape index (κ3) is 3.12. The Hall–Kier alpha value is -1.23. The summed E-state index contributed by atoms with van der Waals surface area (Å²) in [6, 6.07) is 1.40. The van der Waals surface area contributed by atoms with E-state index in [-0.39, 0.29) is 5.56 Å². The molecule has 0 aromatic heterocycles. The van der Waals surface area contributed by atoms with Gasteiger partial charge in [0.15, 0.2) is 11.5 Å². The molecule has 3 N–H and O–H groups in total. The van der Waals surface area contributed by atoms with Crippen LogP contribution in [0.2, 0.25) is 0 Å². The van der Waals surface area contributed by atoms with E-state index in [4.69, 9.17) is 5.11 Å². The van der Waals surface area contributed by atoms with Crippen molar-refractivity contribution < 1.29 is 20.1 Å². The number of carboxylic acid groups (broad SMARTS) is 1. The Morgan fingerprint density at radius 2 is 2.00 bits per heavy atom. The highest BCUT2D eigenvalue weighted by molar-refractivity contribution is 9.10. The van der Waals surface area contributed by atoms with Gasteiger partial charge in [-0.05, 0) is 40.4 Å². The number of carboxylic acids is 1. The molecule has 0 bridgehead atoms. The summed E-state index contributed by atoms with van der Waals surface area (Å²) in [4.78, 5) is 11.0. The number of phenolic OH excluding ortho intramolecular Hbond substituents is 1. The standard InChI is InChI=1S/C12H15BrO4/c1-2-3-4-5-7-6-8(14)11(15)9(10(7)13)12(16)17/h6,14-15H,2-5H2,1H3,(H,16,17). The number of aromatic hydroxyl groups is 2. The predicted octanol–water partition coefficient (Wildman–Crippen LogP) is 3.29. The number of unbranched alkanes of at least 4 members (excludes halogenated alkanes) is 2. The van der Waals surface area contributed by atoms with E-state index < -0.39 is 17.5 Å². The second kappa shape index (κ2) is 5.91. The van der Waals surface area contributed by atoms with Gasteiger partial charge in [-0.15, -0.1) is 0 Å². The average Bonchev–Trinajstić information content (AvgIpc) is 2.25. The minimum absolute atomic E-state index is 0.281. The monoisotopic (exact) mass is 302 g/mol. The third-order valence-electron chi connectivity index (χ3n) is 2.56. The summed E-state index contributed by atoms with van der Waals surface area (Å²) in [7, 11) is 0. The molecule has 0 saturated carbocycles. The van der Waals surface area contributed by atoms with Crippen molar-refractivity contribution in [2.24, 2.45) is 0 Å². The summed E-state index contributed by atoms with van der Waals surface area (Å²) in [5.41, 5.74) is 0.419. The maximum Gasteiger partial charge on any atom is 0.340 e. The zero-order valence-electron chi connectivity index (χ0n) is 9.53. The van der Waals surface area contributed by atoms with Crippen molar-refractivity contribution in [3.05, 3.63) is 21.7 Å². The molecule has 0 radical (unpaired) electrons. The lowest BCUT2D eigenvalue weighted by Crippen LogP contribution is -2.01. The summed E-state index contributed by atoms with van der Waals surface area (Å²) >= 11 is 3.17. The van der Waals surface area contributed by atoms with Crippen LogP contribution in [0.1, 0.15) is 42.1 Å². The van der Waals surface area contributed by atoms with Gasteiger partial charge in [-0.2, -0.15) is 0 Å². The van der Waals surface area contributed by atoms with Gasteiger partial charge < -0.3 is 15.3 Å². The molecule has 0 atom stereocenters. The third-order valence-corrected chi connectivity index (χ3v) is 3.46. The average molecular weight is 303 g/mol. The van der Waals surface area contributed by atoms with Gasteiger partial charge >= 0.3 is 5.97 Å². The number of halogens is 1. The first-order valence-electron chi connectivity index (χ1n) is 5.45. The van der Waals surface area contributed by atoms with Gasteiger partial charge in [0.25, 0.3) is 0 Å². The van der Waals surface area contributed by atoms with Crippen LogP contribution in [0.4, 0.5) is 0 Å². The maximum atomic E-state index is 11.0. The number of benzene rings is 1. The van der Waals surface area contributed by atoms with Crippen LogP contribution in [0.3, 0.4) is 0 Å². The van der Waals surface area contributed by atoms with E-state index in [2.05, 4.69) is 22.9 Å². The zero-order chi connectivity index (χ0) is 13.0. The summed E-state index contributed by atoms with van der Waals surface area (Å²) in [5.74, 6) is -2.25. The topological polar surface area (TPSA) is 77.8 Å². The quantitative estimate of drug-likeness (QED) is 0.576. The summed E-state index contributed by atoms with van der Waals surface area (Å²) in [5, 5.41) is 27.9. The maximum absolute atomic E-state index is 11.0. The largest absolute Gasteiger partial charge is 0.504 e. The fourth-order valence-electron chi connectivity index (χ4n) is 1.63. The molecule has 0 spiro atoms. The molecule has 0 saturated heterocycles. The molecule has 4 nitrogen and oxygen atoms in total. The molecule has 0 aliphatic rings. The number of aryl methyl sites for hydroxylation is 1. The van der Waals surface area contributed by atoms with E-state index in [9.17, 15) is 15.0 Å². The Labute approximate surface area is 108 Å². The van der Waals surface area contributed by atoms with Gasteiger partial charge in [0.05, 0.1) is 0 Å². The van der Waals surface area contributed by atoms with Crippen LogP contribution in [-0.2, 0) is 6.42 Å². The van der Waals surface area contributed by atoms with Crippen molar-refractivity contribution in [3.63, 3.8) is 0 Å². The predicted molar refractivity (Wildman–Crippen MR) is 67.7 cm³/mol. The molecule has 0 aliphatic carbocycles. The van der Waals surface area contributed by atoms with Crippen LogP contribution in [0.15, 0.2) is 10.5 Å². The minimum atomic E-state index is -1.26. The molecule has 0 heterocycles. The molecule has 5 heteroatoms. The first-order valence-corrected chi connectivity index (χ1v) is 6.24. The summed E-state index contributed by atoms with van der Waals surface area (Å²) in [6.45, 7) is 2.08. The van der Waals surface area contributed by atoms with Crippen LogP contribution in [0.5, 0.6) is 11.5 Å². The van der Waals surface area contributed by atoms with E-state index in [1.165, 1.54) is 6.07 Å². The minimum Gasteiger partial charge on any atom is -0.504 e. The molecule has 17 heavy (non-hydrogen) atoms. The van der Waals surface area contributed by atoms with Crippen molar-refractivity contribution in [3.8, 4) is 11.5 Å². The number of carbonyl (C=O) groups is 1. The first kappa shape index (κ1) is 13.8. The van der Waals surface area contributed by atoms with Crippen molar-refractivity contribution >= 4 is 21.9 Å². The highest BCUT2D eigenvalue weighted by atomic mass is 79.9. The molecule has 1 rings (SSSR count). The highest BCUT2D eigenvalue weighted by Crippen LogP contribution is 2.37. The molecule has 0 amide bonds. The molecular formula is C12H15BrO4. The summed E-state index contributed by atoms with van der Waals surface area (Å²) < 4.78 is 0.344. The van der Waals surface area contributed by atoms with Gasteiger partial charge in [-0.3, -0.25) is 0 Å². The van der Waals surface area contributed by atoms with Gasteiger partial charge in [-0.25, -0.2) is 4.79 Å². The van der Waals surface area contributed by atoms with Crippen molar-refractivity contribution in [2.45, 2.75) is 32.6 Å². The van der Waals surface area contributed by atoms with Crippen LogP contribution in [0.25, 0.3) is 0 Å². The van der Waals surface area contributed by atoms with Crippen molar-refractivity contribution in [1.29, 1.82) is 0 Å². The Kier molecular flexibility index (Phi) is 4.81. The SMILES string of the molecule is CCCCCc1cc(O)c(O)c(C(=O)O)c1Br.